The molecule has 0 spiro atoms. The van der Waals surface area contributed by atoms with Crippen molar-refractivity contribution >= 4 is 23.7 Å². The first kappa shape index (κ1) is 28.5. The van der Waals surface area contributed by atoms with Crippen molar-refractivity contribution in [3.8, 4) is 11.1 Å². The van der Waals surface area contributed by atoms with Crippen LogP contribution in [0, 0.1) is 5.82 Å². The predicted octanol–water partition coefficient (Wildman–Crippen LogP) is 5.98. The van der Waals surface area contributed by atoms with E-state index in [4.69, 9.17) is 14.6 Å². The zero-order valence-electron chi connectivity index (χ0n) is 22.8. The highest BCUT2D eigenvalue weighted by atomic mass is 19.1. The van der Waals surface area contributed by atoms with Crippen molar-refractivity contribution < 1.29 is 33.4 Å². The van der Waals surface area contributed by atoms with Gasteiger partial charge in [0.25, 0.3) is 0 Å². The monoisotopic (exact) mass is 568 g/mol. The average Bonchev–Trinajstić information content (AvgIpc) is 3.31. The Bertz CT molecular complexity index is 1560. The van der Waals surface area contributed by atoms with Gasteiger partial charge in [0.05, 0.1) is 18.3 Å². The molecule has 0 heterocycles. The van der Waals surface area contributed by atoms with E-state index in [9.17, 15) is 18.8 Å². The third-order valence-electron chi connectivity index (χ3n) is 7.19. The van der Waals surface area contributed by atoms with Crippen LogP contribution in [0.1, 0.15) is 39.9 Å². The second kappa shape index (κ2) is 12.7. The molecule has 42 heavy (non-hydrogen) atoms. The lowest BCUT2D eigenvalue weighted by molar-refractivity contribution is -0.121. The quantitative estimate of drug-likeness (QED) is 0.217. The smallest absolute Gasteiger partial charge is 0.407 e. The molecule has 0 bridgehead atoms. The Morgan fingerprint density at radius 3 is 2.12 bits per heavy atom. The van der Waals surface area contributed by atoms with Gasteiger partial charge in [-0.1, -0.05) is 78.9 Å². The third-order valence-corrected chi connectivity index (χ3v) is 7.19. The fourth-order valence-electron chi connectivity index (χ4n) is 5.05. The van der Waals surface area contributed by atoms with Gasteiger partial charge in [-0.25, -0.2) is 14.0 Å². The highest BCUT2D eigenvalue weighted by Crippen LogP contribution is 2.44. The largest absolute Gasteiger partial charge is 0.478 e. The van der Waals surface area contributed by atoms with Crippen LogP contribution < -0.4 is 10.6 Å². The molecule has 0 saturated heterocycles. The lowest BCUT2D eigenvalue weighted by atomic mass is 9.98. The van der Waals surface area contributed by atoms with Crippen molar-refractivity contribution in [1.29, 1.82) is 0 Å². The highest BCUT2D eigenvalue weighted by Gasteiger charge is 2.32. The van der Waals surface area contributed by atoms with Crippen molar-refractivity contribution in [3.63, 3.8) is 0 Å². The number of benzene rings is 4. The Hall–Kier alpha value is -5.02. The summed E-state index contributed by atoms with van der Waals surface area (Å²) in [5.74, 6) is -3.29. The molecule has 0 aliphatic heterocycles. The van der Waals surface area contributed by atoms with Crippen LogP contribution in [0.15, 0.2) is 97.1 Å². The van der Waals surface area contributed by atoms with Gasteiger partial charge in [-0.2, -0.15) is 0 Å². The highest BCUT2D eigenvalue weighted by molar-refractivity contribution is 5.97. The second-order valence-electron chi connectivity index (χ2n) is 9.94. The summed E-state index contributed by atoms with van der Waals surface area (Å²) in [5, 5.41) is 14.2. The molecule has 2 atom stereocenters. The molecule has 214 valence electrons. The number of amides is 2. The number of rotatable bonds is 10. The van der Waals surface area contributed by atoms with E-state index in [1.807, 2.05) is 78.9 Å². The van der Waals surface area contributed by atoms with Gasteiger partial charge < -0.3 is 25.2 Å². The number of fused-ring (bicyclic) bond motifs is 3. The number of carbonyl (C=O) groups excluding carboxylic acids is 2. The number of nitrogens with one attached hydrogen (secondary N) is 2. The molecule has 2 amide bonds. The van der Waals surface area contributed by atoms with Crippen LogP contribution in [0.4, 0.5) is 14.9 Å². The summed E-state index contributed by atoms with van der Waals surface area (Å²) in [6.45, 7) is 1.86. The standard InChI is InChI=1S/C33H29FN2O6/c1-20(41-18-21-9-3-2-4-10-21)30(31(37)35-22-15-16-27(32(38)39)29(34)17-22)36-33(40)42-19-28-25-13-7-5-11-23(25)24-12-6-8-14-26(24)28/h2-17,20,28,30H,18-19H2,1H3,(H,35,37)(H,36,40)(H,38,39). The lowest BCUT2D eigenvalue weighted by Gasteiger charge is -2.25. The van der Waals surface area contributed by atoms with Gasteiger partial charge in [-0.05, 0) is 52.9 Å². The minimum atomic E-state index is -1.43. The topological polar surface area (TPSA) is 114 Å². The Kier molecular flexibility index (Phi) is 8.59. The third kappa shape index (κ3) is 6.31. The summed E-state index contributed by atoms with van der Waals surface area (Å²) in [6.07, 6.45) is -1.63. The molecule has 4 aromatic carbocycles. The first-order chi connectivity index (χ1) is 20.3. The van der Waals surface area contributed by atoms with Gasteiger partial charge in [0.15, 0.2) is 0 Å². The summed E-state index contributed by atoms with van der Waals surface area (Å²) in [5.41, 5.74) is 4.64. The van der Waals surface area contributed by atoms with E-state index in [2.05, 4.69) is 10.6 Å². The van der Waals surface area contributed by atoms with Gasteiger partial charge in [0, 0.05) is 11.6 Å². The number of carboxylic acids is 1. The molecule has 5 rings (SSSR count). The number of anilines is 1. The molecular formula is C33H29FN2O6. The number of halogens is 1. The predicted molar refractivity (Wildman–Crippen MR) is 155 cm³/mol. The number of aromatic carboxylic acids is 1. The molecule has 1 aliphatic rings. The van der Waals surface area contributed by atoms with Gasteiger partial charge in [0.1, 0.15) is 18.5 Å². The normalized spacial score (nSPS) is 13.4. The van der Waals surface area contributed by atoms with E-state index in [-0.39, 0.29) is 24.8 Å². The summed E-state index contributed by atoms with van der Waals surface area (Å²) >= 11 is 0. The molecule has 1 aliphatic carbocycles. The number of ether oxygens (including phenoxy) is 2. The maximum absolute atomic E-state index is 14.2. The molecule has 0 fully saturated rings. The maximum atomic E-state index is 14.2. The molecule has 2 unspecified atom stereocenters. The van der Waals surface area contributed by atoms with Crippen LogP contribution in [-0.2, 0) is 20.9 Å². The Morgan fingerprint density at radius 2 is 1.50 bits per heavy atom. The van der Waals surface area contributed by atoms with E-state index < -0.39 is 41.5 Å². The van der Waals surface area contributed by atoms with Gasteiger partial charge >= 0.3 is 12.1 Å². The molecule has 4 aromatic rings. The first-order valence-electron chi connectivity index (χ1n) is 13.4. The van der Waals surface area contributed by atoms with Gasteiger partial charge in [0.2, 0.25) is 5.91 Å². The van der Waals surface area contributed by atoms with Crippen LogP contribution in [0.3, 0.4) is 0 Å². The summed E-state index contributed by atoms with van der Waals surface area (Å²) in [4.78, 5) is 37.5. The van der Waals surface area contributed by atoms with E-state index >= 15 is 0 Å². The van der Waals surface area contributed by atoms with Crippen molar-refractivity contribution in [2.24, 2.45) is 0 Å². The molecule has 0 saturated carbocycles. The number of carbonyl (C=O) groups is 3. The summed E-state index contributed by atoms with van der Waals surface area (Å²) < 4.78 is 25.8. The zero-order valence-corrected chi connectivity index (χ0v) is 22.8. The second-order valence-corrected chi connectivity index (χ2v) is 9.94. The molecule has 3 N–H and O–H groups in total. The number of alkyl carbamates (subject to hydrolysis) is 1. The summed E-state index contributed by atoms with van der Waals surface area (Å²) in [6, 6.07) is 27.2. The molecule has 9 heteroatoms. The molecule has 0 aromatic heterocycles. The molecule has 8 nitrogen and oxygen atoms in total. The van der Waals surface area contributed by atoms with E-state index in [1.165, 1.54) is 6.07 Å². The van der Waals surface area contributed by atoms with Crippen LogP contribution in [0.2, 0.25) is 0 Å². The average molecular weight is 569 g/mol. The first-order valence-corrected chi connectivity index (χ1v) is 13.4. The minimum absolute atomic E-state index is 0.0251. The lowest BCUT2D eigenvalue weighted by Crippen LogP contribution is -2.51. The van der Waals surface area contributed by atoms with Crippen molar-refractivity contribution in [2.45, 2.75) is 31.6 Å². The summed E-state index contributed by atoms with van der Waals surface area (Å²) in [7, 11) is 0. The fraction of sp³-hybridized carbons (Fsp3) is 0.182. The van der Waals surface area contributed by atoms with E-state index in [0.29, 0.717) is 0 Å². The Balaban J connectivity index is 1.29. The van der Waals surface area contributed by atoms with Gasteiger partial charge in [-0.15, -0.1) is 0 Å². The van der Waals surface area contributed by atoms with Crippen LogP contribution >= 0.6 is 0 Å². The number of hydrogen-bond acceptors (Lipinski definition) is 5. The SMILES string of the molecule is CC(OCc1ccccc1)C(NC(=O)OCC1c2ccccc2-c2ccccc21)C(=O)Nc1ccc(C(=O)O)c(F)c1. The van der Waals surface area contributed by atoms with Crippen molar-refractivity contribution in [3.05, 3.63) is 125 Å². The molecule has 0 radical (unpaired) electrons. The Labute approximate surface area is 242 Å². The molecular weight excluding hydrogens is 539 g/mol. The fourth-order valence-corrected chi connectivity index (χ4v) is 5.05. The minimum Gasteiger partial charge on any atom is -0.478 e. The van der Waals surface area contributed by atoms with Crippen LogP contribution in [0.5, 0.6) is 0 Å². The van der Waals surface area contributed by atoms with E-state index in [0.717, 1.165) is 39.9 Å². The van der Waals surface area contributed by atoms with Crippen LogP contribution in [-0.4, -0.2) is 41.8 Å². The number of hydrogen-bond donors (Lipinski definition) is 3. The van der Waals surface area contributed by atoms with Crippen molar-refractivity contribution in [1.82, 2.24) is 5.32 Å². The van der Waals surface area contributed by atoms with Crippen LogP contribution in [0.25, 0.3) is 11.1 Å². The van der Waals surface area contributed by atoms with E-state index in [1.54, 1.807) is 6.92 Å². The van der Waals surface area contributed by atoms with Crippen molar-refractivity contribution in [2.75, 3.05) is 11.9 Å². The number of carboxylic acid groups (broad SMARTS) is 1. The zero-order chi connectivity index (χ0) is 29.6. The van der Waals surface area contributed by atoms with Gasteiger partial charge in [-0.3, -0.25) is 4.79 Å². The maximum Gasteiger partial charge on any atom is 0.407 e. The Morgan fingerprint density at radius 1 is 0.881 bits per heavy atom.